The molecular weight excluding hydrogens is 360 g/mol. The Bertz CT molecular complexity index is 762. The molecule has 144 valence electrons. The number of hydrogen-bond acceptors (Lipinski definition) is 4. The lowest BCUT2D eigenvalue weighted by molar-refractivity contribution is -0.129. The maximum absolute atomic E-state index is 12.2. The van der Waals surface area contributed by atoms with Crippen LogP contribution < -0.4 is 10.1 Å². The number of carbonyl (C=O) groups excluding carboxylic acids is 2. The zero-order valence-corrected chi connectivity index (χ0v) is 16.8. The highest BCUT2D eigenvalue weighted by Gasteiger charge is 2.08. The quantitative estimate of drug-likeness (QED) is 0.657. The van der Waals surface area contributed by atoms with Gasteiger partial charge in [0, 0.05) is 42.8 Å². The van der Waals surface area contributed by atoms with E-state index in [1.807, 2.05) is 55.5 Å². The van der Waals surface area contributed by atoms with Gasteiger partial charge in [0.1, 0.15) is 5.75 Å². The average Bonchev–Trinajstić information content (AvgIpc) is 2.66. The van der Waals surface area contributed by atoms with Crippen LogP contribution in [-0.4, -0.2) is 36.1 Å². The molecule has 0 fully saturated rings. The Labute approximate surface area is 165 Å². The summed E-state index contributed by atoms with van der Waals surface area (Å²) in [5.41, 5.74) is 1.75. The number of methoxy groups -OCH3 is 1. The first-order valence-electron chi connectivity index (χ1n) is 8.93. The second-order valence-corrected chi connectivity index (χ2v) is 7.22. The molecule has 0 radical (unpaired) electrons. The molecule has 2 amide bonds. The Balaban J connectivity index is 1.82. The third kappa shape index (κ3) is 6.98. The third-order valence-electron chi connectivity index (χ3n) is 4.07. The third-order valence-corrected chi connectivity index (χ3v) is 5.08. The maximum atomic E-state index is 12.2. The van der Waals surface area contributed by atoms with Crippen molar-refractivity contribution in [3.05, 3.63) is 54.1 Å². The standard InChI is InChI=1S/C21H26N2O3S/c1-4-23(16(2)24)15-17-6-5-7-18(14-17)22-21(25)12-13-27-20-10-8-19(26-3)9-11-20/h5-11,14H,4,12-13,15H2,1-3H3,(H,22,25). The monoisotopic (exact) mass is 386 g/mol. The predicted molar refractivity (Wildman–Crippen MR) is 110 cm³/mol. The summed E-state index contributed by atoms with van der Waals surface area (Å²) in [6.07, 6.45) is 0.426. The molecule has 2 aromatic rings. The minimum Gasteiger partial charge on any atom is -0.497 e. The van der Waals surface area contributed by atoms with Crippen molar-refractivity contribution in [1.82, 2.24) is 4.90 Å². The van der Waals surface area contributed by atoms with Crippen molar-refractivity contribution in [3.8, 4) is 5.75 Å². The van der Waals surface area contributed by atoms with E-state index in [4.69, 9.17) is 4.74 Å². The number of ether oxygens (including phenoxy) is 1. The molecule has 2 aromatic carbocycles. The molecule has 0 saturated carbocycles. The zero-order valence-electron chi connectivity index (χ0n) is 16.0. The van der Waals surface area contributed by atoms with Crippen LogP contribution in [-0.2, 0) is 16.1 Å². The van der Waals surface area contributed by atoms with Gasteiger partial charge >= 0.3 is 0 Å². The van der Waals surface area contributed by atoms with E-state index >= 15 is 0 Å². The van der Waals surface area contributed by atoms with E-state index in [9.17, 15) is 9.59 Å². The smallest absolute Gasteiger partial charge is 0.225 e. The van der Waals surface area contributed by atoms with E-state index in [2.05, 4.69) is 5.32 Å². The summed E-state index contributed by atoms with van der Waals surface area (Å²) >= 11 is 1.64. The Morgan fingerprint density at radius 3 is 2.52 bits per heavy atom. The minimum absolute atomic E-state index is 0.0212. The normalized spacial score (nSPS) is 10.3. The first-order valence-corrected chi connectivity index (χ1v) is 9.91. The van der Waals surface area contributed by atoms with Gasteiger partial charge in [-0.1, -0.05) is 12.1 Å². The van der Waals surface area contributed by atoms with Crippen molar-refractivity contribution in [3.63, 3.8) is 0 Å². The number of benzene rings is 2. The van der Waals surface area contributed by atoms with Crippen LogP contribution in [0.5, 0.6) is 5.75 Å². The Kier molecular flexibility index (Phi) is 8.20. The van der Waals surface area contributed by atoms with Gasteiger partial charge in [-0.3, -0.25) is 9.59 Å². The van der Waals surface area contributed by atoms with Crippen LogP contribution in [0.1, 0.15) is 25.8 Å². The molecule has 0 bridgehead atoms. The highest BCUT2D eigenvalue weighted by Crippen LogP contribution is 2.22. The summed E-state index contributed by atoms with van der Waals surface area (Å²) in [5.74, 6) is 1.55. The molecule has 5 nitrogen and oxygen atoms in total. The van der Waals surface area contributed by atoms with Crippen LogP contribution in [0.25, 0.3) is 0 Å². The second-order valence-electron chi connectivity index (χ2n) is 6.06. The molecule has 0 aliphatic rings. The van der Waals surface area contributed by atoms with Gasteiger partial charge in [-0.2, -0.15) is 0 Å². The van der Waals surface area contributed by atoms with Gasteiger partial charge in [-0.15, -0.1) is 11.8 Å². The molecule has 2 rings (SSSR count). The number of amides is 2. The van der Waals surface area contributed by atoms with Crippen molar-refractivity contribution >= 4 is 29.3 Å². The van der Waals surface area contributed by atoms with Crippen molar-refractivity contribution in [1.29, 1.82) is 0 Å². The van der Waals surface area contributed by atoms with Crippen LogP contribution in [0.3, 0.4) is 0 Å². The van der Waals surface area contributed by atoms with Crippen molar-refractivity contribution in [2.45, 2.75) is 31.7 Å². The highest BCUT2D eigenvalue weighted by molar-refractivity contribution is 7.99. The van der Waals surface area contributed by atoms with Crippen molar-refractivity contribution < 1.29 is 14.3 Å². The molecule has 0 heterocycles. The summed E-state index contributed by atoms with van der Waals surface area (Å²) in [7, 11) is 1.64. The summed E-state index contributed by atoms with van der Waals surface area (Å²) in [6.45, 7) is 4.72. The maximum Gasteiger partial charge on any atom is 0.225 e. The zero-order chi connectivity index (χ0) is 19.6. The number of anilines is 1. The minimum atomic E-state index is -0.0212. The first kappa shape index (κ1) is 20.8. The SMILES string of the molecule is CCN(Cc1cccc(NC(=O)CCSc2ccc(OC)cc2)c1)C(C)=O. The van der Waals surface area contributed by atoms with Crippen LogP contribution in [0.2, 0.25) is 0 Å². The summed E-state index contributed by atoms with van der Waals surface area (Å²) in [6, 6.07) is 15.4. The summed E-state index contributed by atoms with van der Waals surface area (Å²) < 4.78 is 5.14. The molecule has 0 unspecified atom stereocenters. The average molecular weight is 387 g/mol. The number of rotatable bonds is 9. The van der Waals surface area contributed by atoms with Crippen LogP contribution in [0.15, 0.2) is 53.4 Å². The van der Waals surface area contributed by atoms with Crippen LogP contribution >= 0.6 is 11.8 Å². The Hall–Kier alpha value is -2.47. The summed E-state index contributed by atoms with van der Waals surface area (Å²) in [4.78, 5) is 26.6. The summed E-state index contributed by atoms with van der Waals surface area (Å²) in [5, 5.41) is 2.93. The van der Waals surface area contributed by atoms with Gasteiger partial charge in [0.15, 0.2) is 0 Å². The molecule has 1 N–H and O–H groups in total. The highest BCUT2D eigenvalue weighted by atomic mass is 32.2. The van der Waals surface area contributed by atoms with Gasteiger partial charge in [0.25, 0.3) is 0 Å². The fourth-order valence-corrected chi connectivity index (χ4v) is 3.42. The topological polar surface area (TPSA) is 58.6 Å². The predicted octanol–water partition coefficient (Wildman–Crippen LogP) is 4.18. The van der Waals surface area contributed by atoms with E-state index in [-0.39, 0.29) is 11.8 Å². The van der Waals surface area contributed by atoms with Gasteiger partial charge in [-0.25, -0.2) is 0 Å². The lowest BCUT2D eigenvalue weighted by Crippen LogP contribution is -2.27. The number of hydrogen-bond donors (Lipinski definition) is 1. The van der Waals surface area contributed by atoms with Crippen LogP contribution in [0, 0.1) is 0 Å². The lowest BCUT2D eigenvalue weighted by atomic mass is 10.2. The largest absolute Gasteiger partial charge is 0.497 e. The van der Waals surface area contributed by atoms with E-state index in [0.29, 0.717) is 25.3 Å². The van der Waals surface area contributed by atoms with Gasteiger partial charge in [-0.05, 0) is 48.9 Å². The van der Waals surface area contributed by atoms with Gasteiger partial charge in [0.2, 0.25) is 11.8 Å². The van der Waals surface area contributed by atoms with E-state index in [1.165, 1.54) is 0 Å². The van der Waals surface area contributed by atoms with E-state index < -0.39 is 0 Å². The number of nitrogens with one attached hydrogen (secondary N) is 1. The molecular formula is C21H26N2O3S. The van der Waals surface area contributed by atoms with Gasteiger partial charge in [0.05, 0.1) is 7.11 Å². The fourth-order valence-electron chi connectivity index (χ4n) is 2.57. The number of thioether (sulfide) groups is 1. The second kappa shape index (κ2) is 10.6. The van der Waals surface area contributed by atoms with Gasteiger partial charge < -0.3 is 15.0 Å². The van der Waals surface area contributed by atoms with E-state index in [0.717, 1.165) is 21.9 Å². The lowest BCUT2D eigenvalue weighted by Gasteiger charge is -2.19. The van der Waals surface area contributed by atoms with Crippen LogP contribution in [0.4, 0.5) is 5.69 Å². The molecule has 0 saturated heterocycles. The number of carbonyl (C=O) groups is 2. The Morgan fingerprint density at radius 2 is 1.89 bits per heavy atom. The molecule has 6 heteroatoms. The van der Waals surface area contributed by atoms with Crippen molar-refractivity contribution in [2.75, 3.05) is 24.7 Å². The Morgan fingerprint density at radius 1 is 1.15 bits per heavy atom. The molecule has 27 heavy (non-hydrogen) atoms. The molecule has 0 aliphatic heterocycles. The molecule has 0 atom stereocenters. The molecule has 0 aromatic heterocycles. The fraction of sp³-hybridized carbons (Fsp3) is 0.333. The molecule has 0 aliphatic carbocycles. The molecule has 0 spiro atoms. The first-order chi connectivity index (χ1) is 13.0. The number of nitrogens with zero attached hydrogens (tertiary/aromatic N) is 1. The van der Waals surface area contributed by atoms with E-state index in [1.54, 1.807) is 30.7 Å². The van der Waals surface area contributed by atoms with Crippen molar-refractivity contribution in [2.24, 2.45) is 0 Å².